The predicted octanol–water partition coefficient (Wildman–Crippen LogP) is 2.45. The van der Waals surface area contributed by atoms with Gasteiger partial charge in [0.15, 0.2) is 5.13 Å². The van der Waals surface area contributed by atoms with Crippen molar-refractivity contribution in [3.63, 3.8) is 0 Å². The molecule has 4 rings (SSSR count). The molecule has 0 atom stereocenters. The van der Waals surface area contributed by atoms with Crippen molar-refractivity contribution < 1.29 is 14.4 Å². The Hall–Kier alpha value is -2.78. The highest BCUT2D eigenvalue weighted by molar-refractivity contribution is 7.15. The first-order chi connectivity index (χ1) is 14.0. The SMILES string of the molecule is CC(=O)Nc1cccc(NC(=O)CN2CCc3nc(NC(=O)C4CC4)sc3C2)c1. The fourth-order valence-electron chi connectivity index (χ4n) is 3.27. The van der Waals surface area contributed by atoms with Gasteiger partial charge in [0.1, 0.15) is 0 Å². The molecule has 1 aliphatic carbocycles. The molecule has 0 spiro atoms. The van der Waals surface area contributed by atoms with Crippen LogP contribution >= 0.6 is 11.3 Å². The van der Waals surface area contributed by atoms with Crippen LogP contribution in [0.1, 0.15) is 30.3 Å². The molecule has 1 aliphatic heterocycles. The van der Waals surface area contributed by atoms with E-state index in [1.54, 1.807) is 24.3 Å². The minimum absolute atomic E-state index is 0.0637. The predicted molar refractivity (Wildman–Crippen MR) is 112 cm³/mol. The molecular weight excluding hydrogens is 390 g/mol. The third-order valence-corrected chi connectivity index (χ3v) is 5.82. The van der Waals surface area contributed by atoms with Crippen molar-refractivity contribution in [3.8, 4) is 0 Å². The second-order valence-corrected chi connectivity index (χ2v) is 8.51. The van der Waals surface area contributed by atoms with Crippen LogP contribution in [0, 0.1) is 5.92 Å². The fraction of sp³-hybridized carbons (Fsp3) is 0.400. The van der Waals surface area contributed by atoms with E-state index in [1.807, 2.05) is 0 Å². The van der Waals surface area contributed by atoms with Crippen LogP contribution in [0.2, 0.25) is 0 Å². The number of carbonyl (C=O) groups is 3. The van der Waals surface area contributed by atoms with Crippen molar-refractivity contribution in [2.24, 2.45) is 5.92 Å². The molecule has 152 valence electrons. The lowest BCUT2D eigenvalue weighted by Crippen LogP contribution is -2.36. The molecule has 1 saturated carbocycles. The molecule has 29 heavy (non-hydrogen) atoms. The van der Waals surface area contributed by atoms with Crippen molar-refractivity contribution >= 4 is 45.6 Å². The number of nitrogens with one attached hydrogen (secondary N) is 3. The number of hydrogen-bond acceptors (Lipinski definition) is 6. The molecule has 1 fully saturated rings. The van der Waals surface area contributed by atoms with E-state index in [0.29, 0.717) is 23.1 Å². The topological polar surface area (TPSA) is 103 Å². The first kappa shape index (κ1) is 19.5. The van der Waals surface area contributed by atoms with E-state index >= 15 is 0 Å². The van der Waals surface area contributed by atoms with Crippen molar-refractivity contribution in [1.82, 2.24) is 9.88 Å². The van der Waals surface area contributed by atoms with Gasteiger partial charge in [-0.15, -0.1) is 11.3 Å². The molecule has 9 heteroatoms. The zero-order valence-electron chi connectivity index (χ0n) is 16.2. The maximum atomic E-state index is 12.4. The van der Waals surface area contributed by atoms with Gasteiger partial charge in [0.05, 0.1) is 12.2 Å². The first-order valence-electron chi connectivity index (χ1n) is 9.65. The highest BCUT2D eigenvalue weighted by Gasteiger charge is 2.31. The van der Waals surface area contributed by atoms with E-state index in [4.69, 9.17) is 0 Å². The number of carbonyl (C=O) groups excluding carboxylic acids is 3. The second-order valence-electron chi connectivity index (χ2n) is 7.42. The second kappa shape index (κ2) is 8.30. The van der Waals surface area contributed by atoms with Crippen LogP contribution in [0.5, 0.6) is 0 Å². The summed E-state index contributed by atoms with van der Waals surface area (Å²) in [5.74, 6) is -0.0517. The van der Waals surface area contributed by atoms with Crippen LogP contribution in [0.3, 0.4) is 0 Å². The van der Waals surface area contributed by atoms with Gasteiger partial charge in [0.25, 0.3) is 0 Å². The molecule has 0 saturated heterocycles. The van der Waals surface area contributed by atoms with E-state index in [-0.39, 0.29) is 30.2 Å². The number of hydrogen-bond donors (Lipinski definition) is 3. The minimum Gasteiger partial charge on any atom is -0.326 e. The molecular formula is C20H23N5O3S. The summed E-state index contributed by atoms with van der Waals surface area (Å²) >= 11 is 1.49. The molecule has 0 bridgehead atoms. The standard InChI is InChI=1S/C20H23N5O3S/c1-12(26)21-14-3-2-4-15(9-14)22-18(27)11-25-8-7-16-17(10-25)29-20(23-16)24-19(28)13-5-6-13/h2-4,9,13H,5-8,10-11H2,1H3,(H,21,26)(H,22,27)(H,23,24,28). The van der Waals surface area contributed by atoms with Gasteiger partial charge in [0.2, 0.25) is 17.7 Å². The van der Waals surface area contributed by atoms with Gasteiger partial charge in [-0.3, -0.25) is 19.3 Å². The summed E-state index contributed by atoms with van der Waals surface area (Å²) in [7, 11) is 0. The molecule has 0 radical (unpaired) electrons. The zero-order chi connectivity index (χ0) is 20.4. The largest absolute Gasteiger partial charge is 0.326 e. The Morgan fingerprint density at radius 2 is 1.93 bits per heavy atom. The fourth-order valence-corrected chi connectivity index (χ4v) is 4.32. The van der Waals surface area contributed by atoms with Crippen LogP contribution in [0.4, 0.5) is 16.5 Å². The Morgan fingerprint density at radius 3 is 2.66 bits per heavy atom. The van der Waals surface area contributed by atoms with E-state index in [2.05, 4.69) is 25.8 Å². The van der Waals surface area contributed by atoms with Crippen LogP contribution < -0.4 is 16.0 Å². The van der Waals surface area contributed by atoms with Gasteiger partial charge >= 0.3 is 0 Å². The third-order valence-electron chi connectivity index (χ3n) is 4.82. The van der Waals surface area contributed by atoms with E-state index in [9.17, 15) is 14.4 Å². The van der Waals surface area contributed by atoms with Crippen molar-refractivity contribution in [1.29, 1.82) is 0 Å². The number of fused-ring (bicyclic) bond motifs is 1. The molecule has 0 unspecified atom stereocenters. The van der Waals surface area contributed by atoms with Crippen LogP contribution in [-0.2, 0) is 27.3 Å². The zero-order valence-corrected chi connectivity index (χ0v) is 17.0. The Morgan fingerprint density at radius 1 is 1.17 bits per heavy atom. The van der Waals surface area contributed by atoms with Crippen molar-refractivity contribution in [2.45, 2.75) is 32.7 Å². The number of amides is 3. The number of benzene rings is 1. The summed E-state index contributed by atoms with van der Waals surface area (Å²) in [4.78, 5) is 43.3. The summed E-state index contributed by atoms with van der Waals surface area (Å²) in [6, 6.07) is 7.07. The molecule has 2 aliphatic rings. The maximum Gasteiger partial charge on any atom is 0.238 e. The number of nitrogens with zero attached hydrogens (tertiary/aromatic N) is 2. The molecule has 3 amide bonds. The van der Waals surface area contributed by atoms with Gasteiger partial charge in [0, 0.05) is 48.6 Å². The average molecular weight is 414 g/mol. The van der Waals surface area contributed by atoms with E-state index in [1.165, 1.54) is 18.3 Å². The molecule has 2 aromatic rings. The Balaban J connectivity index is 1.31. The quantitative estimate of drug-likeness (QED) is 0.675. The lowest BCUT2D eigenvalue weighted by Gasteiger charge is -2.25. The minimum atomic E-state index is -0.158. The number of thiazole rings is 1. The molecule has 8 nitrogen and oxygen atoms in total. The van der Waals surface area contributed by atoms with Gasteiger partial charge in [-0.05, 0) is 31.0 Å². The highest BCUT2D eigenvalue weighted by Crippen LogP contribution is 2.33. The maximum absolute atomic E-state index is 12.4. The van der Waals surface area contributed by atoms with Crippen LogP contribution in [0.25, 0.3) is 0 Å². The lowest BCUT2D eigenvalue weighted by molar-refractivity contribution is -0.118. The Labute approximate surface area is 172 Å². The summed E-state index contributed by atoms with van der Waals surface area (Å²) in [5, 5.41) is 9.15. The van der Waals surface area contributed by atoms with Gasteiger partial charge in [-0.25, -0.2) is 4.98 Å². The summed E-state index contributed by atoms with van der Waals surface area (Å²) in [5.41, 5.74) is 2.30. The molecule has 2 heterocycles. The lowest BCUT2D eigenvalue weighted by atomic mass is 10.2. The summed E-state index contributed by atoms with van der Waals surface area (Å²) < 4.78 is 0. The number of aromatic nitrogens is 1. The van der Waals surface area contributed by atoms with Gasteiger partial charge < -0.3 is 16.0 Å². The summed E-state index contributed by atoms with van der Waals surface area (Å²) in [6.07, 6.45) is 2.69. The third kappa shape index (κ3) is 5.18. The highest BCUT2D eigenvalue weighted by atomic mass is 32.1. The van der Waals surface area contributed by atoms with E-state index < -0.39 is 0 Å². The number of rotatable bonds is 6. The molecule has 1 aromatic heterocycles. The smallest absolute Gasteiger partial charge is 0.238 e. The normalized spacial score (nSPS) is 16.0. The molecule has 3 N–H and O–H groups in total. The number of anilines is 3. The Kier molecular flexibility index (Phi) is 5.59. The molecule has 1 aromatic carbocycles. The summed E-state index contributed by atoms with van der Waals surface area (Å²) in [6.45, 7) is 3.10. The van der Waals surface area contributed by atoms with E-state index in [0.717, 1.165) is 36.4 Å². The van der Waals surface area contributed by atoms with Crippen molar-refractivity contribution in [2.75, 3.05) is 29.0 Å². The average Bonchev–Trinajstić information content (AvgIpc) is 3.42. The first-order valence-corrected chi connectivity index (χ1v) is 10.5. The van der Waals surface area contributed by atoms with Crippen LogP contribution in [0.15, 0.2) is 24.3 Å². The van der Waals surface area contributed by atoms with Gasteiger partial charge in [-0.1, -0.05) is 6.07 Å². The Bertz CT molecular complexity index is 953. The van der Waals surface area contributed by atoms with Crippen molar-refractivity contribution in [3.05, 3.63) is 34.8 Å². The van der Waals surface area contributed by atoms with Crippen LogP contribution in [-0.4, -0.2) is 40.7 Å². The monoisotopic (exact) mass is 413 g/mol. The van der Waals surface area contributed by atoms with Gasteiger partial charge in [-0.2, -0.15) is 0 Å².